The molecule has 0 aliphatic heterocycles. The van der Waals surface area contributed by atoms with Crippen LogP contribution < -0.4 is 10.5 Å². The quantitative estimate of drug-likeness (QED) is 0.471. The number of primary amides is 1. The summed E-state index contributed by atoms with van der Waals surface area (Å²) in [5.41, 5.74) is 9.38. The summed E-state index contributed by atoms with van der Waals surface area (Å²) in [7, 11) is 0. The number of amides is 1. The molecule has 3 aromatic rings. The molecule has 0 atom stereocenters. The molecule has 1 amide bonds. The summed E-state index contributed by atoms with van der Waals surface area (Å²) in [4.78, 5) is 16.1. The highest BCUT2D eigenvalue weighted by atomic mass is 35.5. The van der Waals surface area contributed by atoms with Crippen LogP contribution in [0.5, 0.6) is 0 Å². The fourth-order valence-corrected chi connectivity index (χ4v) is 5.02. The highest BCUT2D eigenvalue weighted by Gasteiger charge is 2.17. The van der Waals surface area contributed by atoms with Gasteiger partial charge in [0.1, 0.15) is 0 Å². The van der Waals surface area contributed by atoms with Crippen LogP contribution in [0.2, 0.25) is 5.02 Å². The van der Waals surface area contributed by atoms with Crippen LogP contribution in [0.15, 0.2) is 47.4 Å². The first-order valence-electron chi connectivity index (χ1n) is 9.72. The van der Waals surface area contributed by atoms with Crippen molar-refractivity contribution in [2.24, 2.45) is 5.73 Å². The number of aromatic amines is 1. The van der Waals surface area contributed by atoms with Gasteiger partial charge in [-0.25, -0.2) is 0 Å². The summed E-state index contributed by atoms with van der Waals surface area (Å²) in [5, 5.41) is 1.76. The fraction of sp³-hybridized carbons (Fsp3) is 0.318. The average molecular weight is 414 g/mol. The van der Waals surface area contributed by atoms with Crippen LogP contribution in [0.4, 0.5) is 0 Å². The topological polar surface area (TPSA) is 70.9 Å². The number of nitrogens with one attached hydrogen (secondary N) is 2. The summed E-state index contributed by atoms with van der Waals surface area (Å²) < 4.78 is 3.58. The lowest BCUT2D eigenvalue weighted by Gasteiger charge is -2.22. The van der Waals surface area contributed by atoms with Gasteiger partial charge in [-0.05, 0) is 54.1 Å². The lowest BCUT2D eigenvalue weighted by Crippen LogP contribution is -2.25. The van der Waals surface area contributed by atoms with E-state index < -0.39 is 0 Å². The molecule has 4 nitrogen and oxygen atoms in total. The average Bonchev–Trinajstić information content (AvgIpc) is 3.06. The maximum Gasteiger partial charge on any atom is 0.221 e. The number of halogens is 1. The van der Waals surface area contributed by atoms with Gasteiger partial charge in [-0.2, -0.15) is 0 Å². The SMILES string of the molecule is NC(=O)Cc1c(-c2ccc(Cl)c(SNC3CCCCC3)c2)[nH]c2ccccc12. The van der Waals surface area contributed by atoms with Crippen molar-refractivity contribution in [2.75, 3.05) is 0 Å². The molecule has 1 heterocycles. The lowest BCUT2D eigenvalue weighted by molar-refractivity contribution is -0.117. The summed E-state index contributed by atoms with van der Waals surface area (Å²) in [6, 6.07) is 14.5. The molecule has 0 saturated heterocycles. The summed E-state index contributed by atoms with van der Waals surface area (Å²) in [6.45, 7) is 0. The Bertz CT molecular complexity index is 995. The minimum Gasteiger partial charge on any atom is -0.369 e. The molecule has 0 bridgehead atoms. The predicted octanol–water partition coefficient (Wildman–Crippen LogP) is 5.45. The van der Waals surface area contributed by atoms with Crippen LogP contribution in [0.3, 0.4) is 0 Å². The number of para-hydroxylation sites is 1. The summed E-state index contributed by atoms with van der Waals surface area (Å²) in [5.74, 6) is -0.339. The van der Waals surface area contributed by atoms with Crippen LogP contribution in [0.1, 0.15) is 37.7 Å². The van der Waals surface area contributed by atoms with Crippen LogP contribution in [-0.2, 0) is 11.2 Å². The number of aromatic nitrogens is 1. The molecule has 1 aliphatic rings. The zero-order chi connectivity index (χ0) is 19.5. The Kier molecular flexibility index (Phi) is 5.95. The van der Waals surface area contributed by atoms with E-state index in [1.54, 1.807) is 11.9 Å². The molecule has 0 unspecified atom stereocenters. The largest absolute Gasteiger partial charge is 0.369 e. The number of fused-ring (bicyclic) bond motifs is 1. The van der Waals surface area contributed by atoms with Gasteiger partial charge in [0.05, 0.1) is 17.1 Å². The second-order valence-electron chi connectivity index (χ2n) is 7.37. The van der Waals surface area contributed by atoms with Crippen molar-refractivity contribution < 1.29 is 4.79 Å². The molecule has 2 aromatic carbocycles. The zero-order valence-corrected chi connectivity index (χ0v) is 17.2. The third-order valence-corrected chi connectivity index (χ3v) is 6.78. The van der Waals surface area contributed by atoms with Crippen molar-refractivity contribution >= 4 is 40.4 Å². The second kappa shape index (κ2) is 8.60. The van der Waals surface area contributed by atoms with E-state index in [2.05, 4.69) is 15.8 Å². The van der Waals surface area contributed by atoms with E-state index in [9.17, 15) is 4.79 Å². The van der Waals surface area contributed by atoms with E-state index in [0.29, 0.717) is 6.04 Å². The Hall–Kier alpha value is -1.95. The normalized spacial score (nSPS) is 15.2. The van der Waals surface area contributed by atoms with Crippen molar-refractivity contribution in [3.05, 3.63) is 53.1 Å². The third-order valence-electron chi connectivity index (χ3n) is 5.33. The van der Waals surface area contributed by atoms with Crippen LogP contribution in [0, 0.1) is 0 Å². The Morgan fingerprint density at radius 1 is 1.18 bits per heavy atom. The molecule has 0 spiro atoms. The first kappa shape index (κ1) is 19.4. The Balaban J connectivity index is 1.66. The molecule has 1 aliphatic carbocycles. The Morgan fingerprint density at radius 3 is 2.75 bits per heavy atom. The van der Waals surface area contributed by atoms with E-state index in [4.69, 9.17) is 17.3 Å². The van der Waals surface area contributed by atoms with Crippen molar-refractivity contribution in [3.63, 3.8) is 0 Å². The van der Waals surface area contributed by atoms with Crippen molar-refractivity contribution in [1.82, 2.24) is 9.71 Å². The molecule has 1 saturated carbocycles. The number of benzene rings is 2. The number of hydrogen-bond acceptors (Lipinski definition) is 3. The van der Waals surface area contributed by atoms with Gasteiger partial charge in [0.2, 0.25) is 5.91 Å². The van der Waals surface area contributed by atoms with E-state index in [0.717, 1.165) is 37.6 Å². The predicted molar refractivity (Wildman–Crippen MR) is 118 cm³/mol. The number of carbonyl (C=O) groups excluding carboxylic acids is 1. The summed E-state index contributed by atoms with van der Waals surface area (Å²) >= 11 is 8.06. The Morgan fingerprint density at radius 2 is 1.96 bits per heavy atom. The van der Waals surface area contributed by atoms with Crippen molar-refractivity contribution in [2.45, 2.75) is 49.5 Å². The van der Waals surface area contributed by atoms with E-state index >= 15 is 0 Å². The highest BCUT2D eigenvalue weighted by Crippen LogP contribution is 2.35. The molecule has 1 aromatic heterocycles. The molecular formula is C22H24ClN3OS. The van der Waals surface area contributed by atoms with E-state index in [-0.39, 0.29) is 12.3 Å². The van der Waals surface area contributed by atoms with Gasteiger partial charge in [-0.3, -0.25) is 9.52 Å². The highest BCUT2D eigenvalue weighted by molar-refractivity contribution is 7.97. The van der Waals surface area contributed by atoms with Gasteiger partial charge in [-0.15, -0.1) is 0 Å². The zero-order valence-electron chi connectivity index (χ0n) is 15.6. The van der Waals surface area contributed by atoms with E-state index in [1.165, 1.54) is 32.1 Å². The fourth-order valence-electron chi connectivity index (χ4n) is 3.91. The first-order valence-corrected chi connectivity index (χ1v) is 10.9. The van der Waals surface area contributed by atoms with E-state index in [1.807, 2.05) is 36.4 Å². The molecular weight excluding hydrogens is 390 g/mol. The van der Waals surface area contributed by atoms with Gasteiger partial charge < -0.3 is 10.7 Å². The first-order chi connectivity index (χ1) is 13.6. The van der Waals surface area contributed by atoms with Crippen molar-refractivity contribution in [1.29, 1.82) is 0 Å². The monoisotopic (exact) mass is 413 g/mol. The number of H-pyrrole nitrogens is 1. The molecule has 1 fully saturated rings. The molecule has 4 N–H and O–H groups in total. The van der Waals surface area contributed by atoms with Gasteiger partial charge >= 0.3 is 0 Å². The molecule has 146 valence electrons. The van der Waals surface area contributed by atoms with Gasteiger partial charge in [0.25, 0.3) is 0 Å². The smallest absolute Gasteiger partial charge is 0.221 e. The number of carbonyl (C=O) groups is 1. The van der Waals surface area contributed by atoms with Gasteiger partial charge in [0, 0.05) is 21.8 Å². The lowest BCUT2D eigenvalue weighted by atomic mass is 9.96. The molecule has 28 heavy (non-hydrogen) atoms. The van der Waals surface area contributed by atoms with Crippen LogP contribution >= 0.6 is 23.5 Å². The van der Waals surface area contributed by atoms with Crippen molar-refractivity contribution in [3.8, 4) is 11.3 Å². The number of rotatable bonds is 6. The van der Waals surface area contributed by atoms with Crippen LogP contribution in [0.25, 0.3) is 22.2 Å². The minimum absolute atomic E-state index is 0.199. The summed E-state index contributed by atoms with van der Waals surface area (Å²) in [6.07, 6.45) is 6.55. The number of nitrogens with two attached hydrogens (primary N) is 1. The maximum absolute atomic E-state index is 11.7. The Labute approximate surface area is 174 Å². The molecule has 4 rings (SSSR count). The van der Waals surface area contributed by atoms with Gasteiger partial charge in [-0.1, -0.05) is 55.1 Å². The van der Waals surface area contributed by atoms with Crippen LogP contribution in [-0.4, -0.2) is 16.9 Å². The maximum atomic E-state index is 11.7. The second-order valence-corrected chi connectivity index (χ2v) is 8.65. The third kappa shape index (κ3) is 4.22. The standard InChI is InChI=1S/C22H24ClN3OS/c23-18-11-10-14(12-20(18)28-26-15-6-2-1-3-7-15)22-17(13-21(24)27)16-8-4-5-9-19(16)25-22/h4-5,8-12,15,25-26H,1-3,6-7,13H2,(H2,24,27). The molecule has 6 heteroatoms. The minimum atomic E-state index is -0.339. The number of hydrogen-bond donors (Lipinski definition) is 3. The molecule has 0 radical (unpaired) electrons. The van der Waals surface area contributed by atoms with Gasteiger partial charge in [0.15, 0.2) is 0 Å².